The largest absolute Gasteiger partial charge is 0.385 e. The van der Waals surface area contributed by atoms with Gasteiger partial charge in [-0.15, -0.1) is 0 Å². The molecule has 1 saturated carbocycles. The van der Waals surface area contributed by atoms with Crippen LogP contribution in [-0.2, 0) is 4.74 Å². The van der Waals surface area contributed by atoms with Crippen LogP contribution in [0.2, 0.25) is 0 Å². The lowest BCUT2D eigenvalue weighted by Crippen LogP contribution is -2.42. The molecule has 0 aromatic carbocycles. The number of hydrogen-bond donors (Lipinski definition) is 2. The molecule has 0 atom stereocenters. The van der Waals surface area contributed by atoms with E-state index in [1.807, 2.05) is 0 Å². The Morgan fingerprint density at radius 2 is 1.94 bits per heavy atom. The van der Waals surface area contributed by atoms with Gasteiger partial charge in [-0.3, -0.25) is 0 Å². The van der Waals surface area contributed by atoms with Crippen molar-refractivity contribution in [2.75, 3.05) is 20.3 Å². The molecular formula is C12H24N2OS. The fourth-order valence-electron chi connectivity index (χ4n) is 2.08. The molecule has 0 amide bonds. The summed E-state index contributed by atoms with van der Waals surface area (Å²) in [6.07, 6.45) is 8.97. The fourth-order valence-corrected chi connectivity index (χ4v) is 2.35. The Morgan fingerprint density at radius 1 is 1.25 bits per heavy atom. The van der Waals surface area contributed by atoms with Crippen molar-refractivity contribution in [3.63, 3.8) is 0 Å². The molecular weight excluding hydrogens is 220 g/mol. The van der Waals surface area contributed by atoms with Crippen LogP contribution in [0.3, 0.4) is 0 Å². The summed E-state index contributed by atoms with van der Waals surface area (Å²) in [6.45, 7) is 1.69. The van der Waals surface area contributed by atoms with Gasteiger partial charge in [-0.05, 0) is 31.5 Å². The Kier molecular flexibility index (Phi) is 7.51. The summed E-state index contributed by atoms with van der Waals surface area (Å²) in [5.41, 5.74) is 0. The van der Waals surface area contributed by atoms with Crippen LogP contribution >= 0.6 is 12.2 Å². The Labute approximate surface area is 104 Å². The lowest BCUT2D eigenvalue weighted by atomic mass is 10.1. The molecule has 94 valence electrons. The monoisotopic (exact) mass is 244 g/mol. The zero-order valence-corrected chi connectivity index (χ0v) is 11.1. The third kappa shape index (κ3) is 6.28. The van der Waals surface area contributed by atoms with E-state index in [1.165, 1.54) is 38.5 Å². The topological polar surface area (TPSA) is 33.3 Å². The highest BCUT2D eigenvalue weighted by atomic mass is 32.1. The minimum absolute atomic E-state index is 0.588. The maximum atomic E-state index is 5.27. The molecule has 1 aliphatic carbocycles. The Hall–Kier alpha value is -0.350. The third-order valence-electron chi connectivity index (χ3n) is 3.00. The lowest BCUT2D eigenvalue weighted by molar-refractivity contribution is 0.195. The molecule has 16 heavy (non-hydrogen) atoms. The van der Waals surface area contributed by atoms with Crippen LogP contribution in [-0.4, -0.2) is 31.4 Å². The van der Waals surface area contributed by atoms with Crippen LogP contribution in [0.1, 0.15) is 44.9 Å². The summed E-state index contributed by atoms with van der Waals surface area (Å²) in [4.78, 5) is 0. The number of methoxy groups -OCH3 is 1. The number of hydrogen-bond acceptors (Lipinski definition) is 2. The van der Waals surface area contributed by atoms with E-state index in [1.54, 1.807) is 7.11 Å². The average molecular weight is 244 g/mol. The molecule has 3 nitrogen and oxygen atoms in total. The number of nitrogens with one attached hydrogen (secondary N) is 2. The van der Waals surface area contributed by atoms with Crippen molar-refractivity contribution < 1.29 is 4.74 Å². The summed E-state index contributed by atoms with van der Waals surface area (Å²) in [6, 6.07) is 0.588. The van der Waals surface area contributed by atoms with E-state index in [2.05, 4.69) is 10.6 Å². The number of ether oxygens (including phenoxy) is 1. The predicted molar refractivity (Wildman–Crippen MR) is 71.7 cm³/mol. The van der Waals surface area contributed by atoms with Crippen molar-refractivity contribution in [1.29, 1.82) is 0 Å². The molecule has 0 saturated heterocycles. The van der Waals surface area contributed by atoms with E-state index in [-0.39, 0.29) is 0 Å². The first-order valence-corrected chi connectivity index (χ1v) is 6.77. The minimum Gasteiger partial charge on any atom is -0.385 e. The molecule has 4 heteroatoms. The number of thiocarbonyl (C=S) groups is 1. The van der Waals surface area contributed by atoms with E-state index in [0.717, 1.165) is 24.7 Å². The van der Waals surface area contributed by atoms with Gasteiger partial charge in [0.2, 0.25) is 0 Å². The van der Waals surface area contributed by atoms with Crippen LogP contribution in [0.25, 0.3) is 0 Å². The van der Waals surface area contributed by atoms with Crippen molar-refractivity contribution in [2.24, 2.45) is 0 Å². The molecule has 1 fully saturated rings. The minimum atomic E-state index is 0.588. The number of rotatable bonds is 5. The van der Waals surface area contributed by atoms with E-state index in [4.69, 9.17) is 17.0 Å². The van der Waals surface area contributed by atoms with Crippen molar-refractivity contribution in [3.8, 4) is 0 Å². The predicted octanol–water partition coefficient (Wildman–Crippen LogP) is 2.21. The van der Waals surface area contributed by atoms with E-state index in [0.29, 0.717) is 6.04 Å². The molecule has 0 aromatic heterocycles. The first kappa shape index (κ1) is 13.7. The van der Waals surface area contributed by atoms with Gasteiger partial charge in [0.15, 0.2) is 5.11 Å². The van der Waals surface area contributed by atoms with Gasteiger partial charge >= 0.3 is 0 Å². The molecule has 1 rings (SSSR count). The SMILES string of the molecule is COCCCNC(=S)NC1CCCCCC1. The summed E-state index contributed by atoms with van der Waals surface area (Å²) >= 11 is 5.27. The molecule has 0 spiro atoms. The summed E-state index contributed by atoms with van der Waals surface area (Å²) in [5.74, 6) is 0. The maximum Gasteiger partial charge on any atom is 0.166 e. The highest BCUT2D eigenvalue weighted by molar-refractivity contribution is 7.80. The molecule has 2 N–H and O–H groups in total. The van der Waals surface area contributed by atoms with Gasteiger partial charge in [-0.25, -0.2) is 0 Å². The van der Waals surface area contributed by atoms with Gasteiger partial charge in [0.25, 0.3) is 0 Å². The highest BCUT2D eigenvalue weighted by Crippen LogP contribution is 2.16. The molecule has 0 heterocycles. The van der Waals surface area contributed by atoms with Crippen LogP contribution in [0.5, 0.6) is 0 Å². The lowest BCUT2D eigenvalue weighted by Gasteiger charge is -2.18. The van der Waals surface area contributed by atoms with Crippen LogP contribution in [0, 0.1) is 0 Å². The average Bonchev–Trinajstić information content (AvgIpc) is 2.53. The Morgan fingerprint density at radius 3 is 2.56 bits per heavy atom. The van der Waals surface area contributed by atoms with Crippen LogP contribution in [0.4, 0.5) is 0 Å². The van der Waals surface area contributed by atoms with Crippen molar-refractivity contribution >= 4 is 17.3 Å². The molecule has 0 aromatic rings. The summed E-state index contributed by atoms with van der Waals surface area (Å²) in [5, 5.41) is 7.45. The van der Waals surface area contributed by atoms with Gasteiger partial charge < -0.3 is 15.4 Å². The van der Waals surface area contributed by atoms with E-state index < -0.39 is 0 Å². The fraction of sp³-hybridized carbons (Fsp3) is 0.917. The second kappa shape index (κ2) is 8.76. The maximum absolute atomic E-state index is 5.27. The zero-order chi connectivity index (χ0) is 11.6. The van der Waals surface area contributed by atoms with Crippen molar-refractivity contribution in [3.05, 3.63) is 0 Å². The quantitative estimate of drug-likeness (QED) is 0.441. The second-order valence-electron chi connectivity index (χ2n) is 4.44. The smallest absolute Gasteiger partial charge is 0.166 e. The van der Waals surface area contributed by atoms with Gasteiger partial charge in [-0.1, -0.05) is 25.7 Å². The van der Waals surface area contributed by atoms with Gasteiger partial charge in [0.05, 0.1) is 0 Å². The normalized spacial score (nSPS) is 17.8. The van der Waals surface area contributed by atoms with Crippen LogP contribution in [0.15, 0.2) is 0 Å². The van der Waals surface area contributed by atoms with Crippen LogP contribution < -0.4 is 10.6 Å². The molecule has 0 radical (unpaired) electrons. The van der Waals surface area contributed by atoms with E-state index >= 15 is 0 Å². The van der Waals surface area contributed by atoms with Gasteiger partial charge in [-0.2, -0.15) is 0 Å². The summed E-state index contributed by atoms with van der Waals surface area (Å²) in [7, 11) is 1.72. The Balaban J connectivity index is 2.07. The first-order valence-electron chi connectivity index (χ1n) is 6.36. The zero-order valence-electron chi connectivity index (χ0n) is 10.3. The highest BCUT2D eigenvalue weighted by Gasteiger charge is 2.12. The Bertz CT molecular complexity index is 191. The van der Waals surface area contributed by atoms with Gasteiger partial charge in [0, 0.05) is 26.3 Å². The third-order valence-corrected chi connectivity index (χ3v) is 3.26. The van der Waals surface area contributed by atoms with Gasteiger partial charge in [0.1, 0.15) is 0 Å². The first-order chi connectivity index (χ1) is 7.83. The molecule has 0 unspecified atom stereocenters. The standard InChI is InChI=1S/C12H24N2OS/c1-15-10-6-9-13-12(16)14-11-7-4-2-3-5-8-11/h11H,2-10H2,1H3,(H2,13,14,16). The van der Waals surface area contributed by atoms with Crippen molar-refractivity contribution in [1.82, 2.24) is 10.6 Å². The van der Waals surface area contributed by atoms with Crippen molar-refractivity contribution in [2.45, 2.75) is 51.0 Å². The molecule has 0 aliphatic heterocycles. The van der Waals surface area contributed by atoms with E-state index in [9.17, 15) is 0 Å². The molecule has 1 aliphatic rings. The second-order valence-corrected chi connectivity index (χ2v) is 4.84. The molecule has 0 bridgehead atoms. The summed E-state index contributed by atoms with van der Waals surface area (Å²) < 4.78 is 4.99.